The molecule has 0 bridgehead atoms. The second-order valence-electron chi connectivity index (χ2n) is 3.00. The molecule has 0 saturated heterocycles. The minimum Gasteiger partial charge on any atom is -0.490 e. The van der Waals surface area contributed by atoms with Gasteiger partial charge in [0.1, 0.15) is 19.0 Å². The van der Waals surface area contributed by atoms with Crippen molar-refractivity contribution in [2.45, 2.75) is 11.5 Å². The molecule has 1 nitrogen and oxygen atoms in total. The van der Waals surface area contributed by atoms with Gasteiger partial charge in [0.2, 0.25) is 0 Å². The van der Waals surface area contributed by atoms with Crippen LogP contribution in [0.3, 0.4) is 0 Å². The lowest BCUT2D eigenvalue weighted by atomic mass is 10.1. The van der Waals surface area contributed by atoms with Crippen molar-refractivity contribution in [2.75, 3.05) is 13.3 Å². The molecule has 0 unspecified atom stereocenters. The third-order valence-corrected chi connectivity index (χ3v) is 2.49. The molecule has 0 spiro atoms. The minimum absolute atomic E-state index is 0.319. The molecule has 0 aliphatic carbocycles. The van der Waals surface area contributed by atoms with Crippen molar-refractivity contribution in [3.8, 4) is 5.75 Å². The topological polar surface area (TPSA) is 9.23 Å². The first-order chi connectivity index (χ1) is 7.49. The van der Waals surface area contributed by atoms with Gasteiger partial charge < -0.3 is 4.74 Å². The van der Waals surface area contributed by atoms with Gasteiger partial charge in [-0.2, -0.15) is 13.2 Å². The molecule has 16 heavy (non-hydrogen) atoms. The molecule has 0 atom stereocenters. The van der Waals surface area contributed by atoms with Crippen molar-refractivity contribution < 1.29 is 22.3 Å². The fraction of sp³-hybridized carbons (Fsp3) is 0.400. The molecule has 0 N–H and O–H groups in total. The number of alkyl halides is 5. The molecule has 0 heterocycles. The van der Waals surface area contributed by atoms with Crippen LogP contribution in [-0.4, -0.2) is 13.3 Å². The van der Waals surface area contributed by atoms with Gasteiger partial charge in [0, 0.05) is 5.33 Å². The van der Waals surface area contributed by atoms with E-state index in [9.17, 15) is 17.6 Å². The Bertz CT molecular complexity index is 351. The Hall–Kier alpha value is -0.780. The Kier molecular flexibility index (Phi) is 4.58. The zero-order valence-electron chi connectivity index (χ0n) is 8.15. The zero-order chi connectivity index (χ0) is 12.2. The van der Waals surface area contributed by atoms with E-state index in [1.807, 2.05) is 0 Å². The second-order valence-corrected chi connectivity index (χ2v) is 3.56. The zero-order valence-corrected chi connectivity index (χ0v) is 9.74. The van der Waals surface area contributed by atoms with Crippen molar-refractivity contribution in [1.82, 2.24) is 0 Å². The van der Waals surface area contributed by atoms with E-state index in [0.29, 0.717) is 10.9 Å². The average Bonchev–Trinajstić information content (AvgIpc) is 2.25. The van der Waals surface area contributed by atoms with Gasteiger partial charge in [0.15, 0.2) is 0 Å². The van der Waals surface area contributed by atoms with Crippen LogP contribution in [0.1, 0.15) is 11.1 Å². The summed E-state index contributed by atoms with van der Waals surface area (Å²) in [6.07, 6.45) is -4.50. The van der Waals surface area contributed by atoms with Crippen LogP contribution in [0.4, 0.5) is 17.6 Å². The van der Waals surface area contributed by atoms with Crippen molar-refractivity contribution in [2.24, 2.45) is 0 Å². The summed E-state index contributed by atoms with van der Waals surface area (Å²) in [6, 6.07) is 3.69. The molecule has 0 aliphatic heterocycles. The predicted molar refractivity (Wildman–Crippen MR) is 55.5 cm³/mol. The summed E-state index contributed by atoms with van der Waals surface area (Å²) in [6.45, 7) is -1.20. The van der Waals surface area contributed by atoms with Gasteiger partial charge in [-0.25, -0.2) is 4.39 Å². The number of halogens is 5. The first kappa shape index (κ1) is 13.3. The molecule has 6 heteroatoms. The van der Waals surface area contributed by atoms with Gasteiger partial charge in [0.05, 0.1) is 5.56 Å². The van der Waals surface area contributed by atoms with Gasteiger partial charge >= 0.3 is 6.18 Å². The highest BCUT2D eigenvalue weighted by Gasteiger charge is 2.34. The fourth-order valence-electron chi connectivity index (χ4n) is 1.16. The normalized spacial score (nSPS) is 11.6. The molecule has 1 rings (SSSR count). The van der Waals surface area contributed by atoms with Gasteiger partial charge in [0.25, 0.3) is 0 Å². The lowest BCUT2D eigenvalue weighted by molar-refractivity contribution is -0.139. The van der Waals surface area contributed by atoms with Gasteiger partial charge in [-0.15, -0.1) is 0 Å². The van der Waals surface area contributed by atoms with Gasteiger partial charge in [-0.3, -0.25) is 0 Å². The molecule has 0 radical (unpaired) electrons. The predicted octanol–water partition coefficient (Wildman–Crippen LogP) is 3.95. The Balaban J connectivity index is 3.06. The summed E-state index contributed by atoms with van der Waals surface area (Å²) in [4.78, 5) is 0. The highest BCUT2D eigenvalue weighted by Crippen LogP contribution is 2.37. The first-order valence-electron chi connectivity index (χ1n) is 4.44. The van der Waals surface area contributed by atoms with E-state index in [0.717, 1.165) is 6.07 Å². The Labute approximate surface area is 98.5 Å². The quantitative estimate of drug-likeness (QED) is 0.604. The first-order valence-corrected chi connectivity index (χ1v) is 5.56. The van der Waals surface area contributed by atoms with E-state index in [-0.39, 0.29) is 12.4 Å². The fourth-order valence-corrected chi connectivity index (χ4v) is 1.50. The largest absolute Gasteiger partial charge is 0.490 e. The van der Waals surface area contributed by atoms with Crippen molar-refractivity contribution in [3.63, 3.8) is 0 Å². The monoisotopic (exact) mass is 300 g/mol. The molecule has 0 fully saturated rings. The van der Waals surface area contributed by atoms with Crippen LogP contribution >= 0.6 is 15.9 Å². The highest BCUT2D eigenvalue weighted by atomic mass is 79.9. The molecule has 0 saturated carbocycles. The average molecular weight is 301 g/mol. The minimum atomic E-state index is -4.50. The van der Waals surface area contributed by atoms with Crippen LogP contribution in [0.25, 0.3) is 0 Å². The van der Waals surface area contributed by atoms with E-state index >= 15 is 0 Å². The maximum atomic E-state index is 12.6. The molecular formula is C10H9BrF4O. The molecule has 90 valence electrons. The van der Waals surface area contributed by atoms with Crippen LogP contribution < -0.4 is 4.74 Å². The standard InChI is InChI=1S/C10H9BrF4O/c11-6-7-1-2-9(16-4-3-12)8(5-7)10(13,14)15/h1-2,5H,3-4,6H2. The number of ether oxygens (including phenoxy) is 1. The van der Waals surface area contributed by atoms with E-state index < -0.39 is 18.4 Å². The summed E-state index contributed by atoms with van der Waals surface area (Å²) < 4.78 is 54.3. The lowest BCUT2D eigenvalue weighted by Gasteiger charge is -2.14. The van der Waals surface area contributed by atoms with Gasteiger partial charge in [-0.05, 0) is 17.7 Å². The highest BCUT2D eigenvalue weighted by molar-refractivity contribution is 9.08. The van der Waals surface area contributed by atoms with Crippen LogP contribution in [0, 0.1) is 0 Å². The van der Waals surface area contributed by atoms with Crippen LogP contribution in [0.5, 0.6) is 5.75 Å². The summed E-state index contributed by atoms with van der Waals surface area (Å²) in [7, 11) is 0. The summed E-state index contributed by atoms with van der Waals surface area (Å²) in [5.74, 6) is -0.338. The molecule has 0 aliphatic rings. The smallest absolute Gasteiger partial charge is 0.419 e. The molecule has 0 aromatic heterocycles. The third kappa shape index (κ3) is 3.37. The molecular weight excluding hydrogens is 292 g/mol. The van der Waals surface area contributed by atoms with E-state index in [1.54, 1.807) is 0 Å². The van der Waals surface area contributed by atoms with Crippen molar-refractivity contribution >= 4 is 15.9 Å². The maximum Gasteiger partial charge on any atom is 0.419 e. The third-order valence-electron chi connectivity index (χ3n) is 1.84. The molecule has 1 aromatic carbocycles. The number of hydrogen-bond donors (Lipinski definition) is 0. The van der Waals surface area contributed by atoms with Gasteiger partial charge in [-0.1, -0.05) is 22.0 Å². The second kappa shape index (κ2) is 5.52. The summed E-state index contributed by atoms with van der Waals surface area (Å²) in [5.41, 5.74) is -0.391. The van der Waals surface area contributed by atoms with Crippen molar-refractivity contribution in [3.05, 3.63) is 29.3 Å². The Morgan fingerprint density at radius 2 is 1.94 bits per heavy atom. The van der Waals surface area contributed by atoms with Crippen LogP contribution in [0.15, 0.2) is 18.2 Å². The number of rotatable bonds is 4. The summed E-state index contributed by atoms with van der Waals surface area (Å²) in [5, 5.41) is 0.319. The van der Waals surface area contributed by atoms with E-state index in [2.05, 4.69) is 15.9 Å². The van der Waals surface area contributed by atoms with E-state index in [4.69, 9.17) is 4.74 Å². The maximum absolute atomic E-state index is 12.6. The van der Waals surface area contributed by atoms with Crippen LogP contribution in [-0.2, 0) is 11.5 Å². The Morgan fingerprint density at radius 1 is 1.25 bits per heavy atom. The van der Waals surface area contributed by atoms with Crippen molar-refractivity contribution in [1.29, 1.82) is 0 Å². The number of benzene rings is 1. The SMILES string of the molecule is FCCOc1ccc(CBr)cc1C(F)(F)F. The molecule has 0 amide bonds. The summed E-state index contributed by atoms with van der Waals surface area (Å²) >= 11 is 3.07. The Morgan fingerprint density at radius 3 is 2.44 bits per heavy atom. The van der Waals surface area contributed by atoms with E-state index in [1.165, 1.54) is 12.1 Å². The number of hydrogen-bond acceptors (Lipinski definition) is 1. The molecule has 1 aromatic rings. The lowest BCUT2D eigenvalue weighted by Crippen LogP contribution is -2.10. The van der Waals surface area contributed by atoms with Crippen LogP contribution in [0.2, 0.25) is 0 Å².